The van der Waals surface area contributed by atoms with Crippen molar-refractivity contribution in [1.29, 1.82) is 0 Å². The minimum absolute atomic E-state index is 0.481. The van der Waals surface area contributed by atoms with Crippen LogP contribution in [0.3, 0.4) is 0 Å². The first-order valence-corrected chi connectivity index (χ1v) is 8.02. The zero-order valence-electron chi connectivity index (χ0n) is 11.6. The predicted octanol–water partition coefficient (Wildman–Crippen LogP) is 4.24. The standard InChI is InChI=1S/C14H24IN3/c1-4-14(2,3)10-5-7-11(8-6-10)18-13(16)12(15)9-17-18/h9-11H,4-8,16H2,1-3H3. The van der Waals surface area contributed by atoms with Crippen LogP contribution in [0.15, 0.2) is 6.20 Å². The van der Waals surface area contributed by atoms with Crippen LogP contribution >= 0.6 is 22.6 Å². The van der Waals surface area contributed by atoms with Crippen molar-refractivity contribution >= 4 is 28.4 Å². The summed E-state index contributed by atoms with van der Waals surface area (Å²) >= 11 is 2.26. The van der Waals surface area contributed by atoms with Gasteiger partial charge in [0.1, 0.15) is 5.82 Å². The maximum Gasteiger partial charge on any atom is 0.135 e. The van der Waals surface area contributed by atoms with Crippen LogP contribution in [0, 0.1) is 14.9 Å². The van der Waals surface area contributed by atoms with E-state index in [9.17, 15) is 0 Å². The van der Waals surface area contributed by atoms with Crippen molar-refractivity contribution in [1.82, 2.24) is 9.78 Å². The second-order valence-electron chi connectivity index (χ2n) is 6.17. The molecule has 1 heterocycles. The van der Waals surface area contributed by atoms with E-state index in [0.717, 1.165) is 15.3 Å². The Morgan fingerprint density at radius 3 is 2.44 bits per heavy atom. The van der Waals surface area contributed by atoms with Gasteiger partial charge in [-0.05, 0) is 59.6 Å². The summed E-state index contributed by atoms with van der Waals surface area (Å²) in [5, 5.41) is 4.43. The molecule has 0 atom stereocenters. The van der Waals surface area contributed by atoms with Gasteiger partial charge in [0.2, 0.25) is 0 Å². The molecule has 1 saturated carbocycles. The Morgan fingerprint density at radius 2 is 2.00 bits per heavy atom. The van der Waals surface area contributed by atoms with Crippen molar-refractivity contribution in [3.63, 3.8) is 0 Å². The molecule has 0 radical (unpaired) electrons. The highest BCUT2D eigenvalue weighted by molar-refractivity contribution is 14.1. The molecule has 0 spiro atoms. The lowest BCUT2D eigenvalue weighted by atomic mass is 9.69. The molecule has 0 saturated heterocycles. The first-order valence-electron chi connectivity index (χ1n) is 6.94. The predicted molar refractivity (Wildman–Crippen MR) is 84.4 cm³/mol. The lowest BCUT2D eigenvalue weighted by Crippen LogP contribution is -2.29. The molecule has 0 bridgehead atoms. The van der Waals surface area contributed by atoms with Crippen LogP contribution in [-0.2, 0) is 0 Å². The van der Waals surface area contributed by atoms with Crippen LogP contribution in [0.1, 0.15) is 58.9 Å². The van der Waals surface area contributed by atoms with Gasteiger partial charge in [0, 0.05) is 0 Å². The summed E-state index contributed by atoms with van der Waals surface area (Å²) in [4.78, 5) is 0. The molecule has 102 valence electrons. The maximum atomic E-state index is 6.07. The van der Waals surface area contributed by atoms with Gasteiger partial charge in [-0.2, -0.15) is 5.10 Å². The van der Waals surface area contributed by atoms with E-state index >= 15 is 0 Å². The zero-order chi connectivity index (χ0) is 13.3. The molecule has 1 fully saturated rings. The van der Waals surface area contributed by atoms with Crippen LogP contribution in [0.5, 0.6) is 0 Å². The third-order valence-corrected chi connectivity index (χ3v) is 5.68. The van der Waals surface area contributed by atoms with Gasteiger partial charge in [-0.1, -0.05) is 27.2 Å². The van der Waals surface area contributed by atoms with Gasteiger partial charge < -0.3 is 5.73 Å². The van der Waals surface area contributed by atoms with Gasteiger partial charge in [-0.15, -0.1) is 0 Å². The van der Waals surface area contributed by atoms with Gasteiger partial charge in [0.25, 0.3) is 0 Å². The molecule has 0 aliphatic heterocycles. The Bertz CT molecular complexity index is 403. The van der Waals surface area contributed by atoms with Crippen LogP contribution < -0.4 is 5.73 Å². The third-order valence-electron chi connectivity index (χ3n) is 4.85. The minimum Gasteiger partial charge on any atom is -0.383 e. The van der Waals surface area contributed by atoms with Gasteiger partial charge in [-0.25, -0.2) is 4.68 Å². The molecule has 1 aliphatic rings. The fourth-order valence-corrected chi connectivity index (χ4v) is 3.40. The average molecular weight is 361 g/mol. The van der Waals surface area contributed by atoms with Gasteiger partial charge in [0.05, 0.1) is 15.8 Å². The number of aromatic nitrogens is 2. The average Bonchev–Trinajstić information content (AvgIpc) is 2.70. The molecule has 4 heteroatoms. The van der Waals surface area contributed by atoms with Crippen LogP contribution in [0.4, 0.5) is 5.82 Å². The number of nitrogen functional groups attached to an aromatic ring is 1. The van der Waals surface area contributed by atoms with Crippen molar-refractivity contribution in [3.8, 4) is 0 Å². The topological polar surface area (TPSA) is 43.8 Å². The number of nitrogens with two attached hydrogens (primary N) is 1. The normalized spacial score (nSPS) is 25.3. The second-order valence-corrected chi connectivity index (χ2v) is 7.33. The quantitative estimate of drug-likeness (QED) is 0.819. The SMILES string of the molecule is CCC(C)(C)C1CCC(n2ncc(I)c2N)CC1. The fourth-order valence-electron chi connectivity index (χ4n) is 3.03. The maximum absolute atomic E-state index is 6.07. The number of rotatable bonds is 3. The molecule has 1 aromatic rings. The van der Waals surface area contributed by atoms with Crippen molar-refractivity contribution in [2.45, 2.75) is 58.9 Å². The summed E-state index contributed by atoms with van der Waals surface area (Å²) < 4.78 is 3.11. The molecule has 1 aromatic heterocycles. The molecular formula is C14H24IN3. The van der Waals surface area contributed by atoms with Crippen molar-refractivity contribution in [2.75, 3.05) is 5.73 Å². The smallest absolute Gasteiger partial charge is 0.135 e. The van der Waals surface area contributed by atoms with E-state index < -0.39 is 0 Å². The Balaban J connectivity index is 2.01. The number of nitrogens with zero attached hydrogens (tertiary/aromatic N) is 2. The number of halogens is 1. The van der Waals surface area contributed by atoms with Crippen LogP contribution in [0.2, 0.25) is 0 Å². The summed E-state index contributed by atoms with van der Waals surface area (Å²) in [6.45, 7) is 7.12. The summed E-state index contributed by atoms with van der Waals surface area (Å²) in [5.41, 5.74) is 6.55. The molecular weight excluding hydrogens is 337 g/mol. The highest BCUT2D eigenvalue weighted by atomic mass is 127. The van der Waals surface area contributed by atoms with E-state index in [1.807, 2.05) is 10.9 Å². The van der Waals surface area contributed by atoms with E-state index in [1.165, 1.54) is 32.1 Å². The van der Waals surface area contributed by atoms with E-state index in [1.54, 1.807) is 0 Å². The molecule has 0 aromatic carbocycles. The Hall–Kier alpha value is -0.260. The Kier molecular flexibility index (Phi) is 4.24. The molecule has 18 heavy (non-hydrogen) atoms. The van der Waals surface area contributed by atoms with E-state index in [2.05, 4.69) is 48.5 Å². The van der Waals surface area contributed by atoms with Crippen LogP contribution in [0.25, 0.3) is 0 Å². The third kappa shape index (κ3) is 2.68. The van der Waals surface area contributed by atoms with E-state index in [0.29, 0.717) is 11.5 Å². The van der Waals surface area contributed by atoms with E-state index in [-0.39, 0.29) is 0 Å². The fraction of sp³-hybridized carbons (Fsp3) is 0.786. The Labute approximate surface area is 124 Å². The van der Waals surface area contributed by atoms with Crippen molar-refractivity contribution < 1.29 is 0 Å². The molecule has 2 rings (SSSR count). The largest absolute Gasteiger partial charge is 0.383 e. The lowest BCUT2D eigenvalue weighted by molar-refractivity contribution is 0.127. The Morgan fingerprint density at radius 1 is 1.39 bits per heavy atom. The van der Waals surface area contributed by atoms with Gasteiger partial charge in [-0.3, -0.25) is 0 Å². The van der Waals surface area contributed by atoms with Crippen molar-refractivity contribution in [3.05, 3.63) is 9.77 Å². The molecule has 0 amide bonds. The summed E-state index contributed by atoms with van der Waals surface area (Å²) in [5.74, 6) is 1.70. The van der Waals surface area contributed by atoms with E-state index in [4.69, 9.17) is 5.73 Å². The monoisotopic (exact) mass is 361 g/mol. The van der Waals surface area contributed by atoms with Crippen molar-refractivity contribution in [2.24, 2.45) is 11.3 Å². The summed E-state index contributed by atoms with van der Waals surface area (Å²) in [6.07, 6.45) is 8.19. The summed E-state index contributed by atoms with van der Waals surface area (Å²) in [7, 11) is 0. The highest BCUT2D eigenvalue weighted by Crippen LogP contribution is 2.43. The first-order chi connectivity index (χ1) is 8.45. The van der Waals surface area contributed by atoms with Crippen LogP contribution in [-0.4, -0.2) is 9.78 Å². The van der Waals surface area contributed by atoms with Gasteiger partial charge in [0.15, 0.2) is 0 Å². The number of hydrogen-bond donors (Lipinski definition) is 1. The molecule has 0 unspecified atom stereocenters. The molecule has 1 aliphatic carbocycles. The second kappa shape index (κ2) is 5.39. The molecule has 3 nitrogen and oxygen atoms in total. The number of anilines is 1. The first kappa shape index (κ1) is 14.2. The minimum atomic E-state index is 0.481. The van der Waals surface area contributed by atoms with Gasteiger partial charge >= 0.3 is 0 Å². The zero-order valence-corrected chi connectivity index (χ0v) is 13.8. The summed E-state index contributed by atoms with van der Waals surface area (Å²) in [6, 6.07) is 0.512. The number of hydrogen-bond acceptors (Lipinski definition) is 2. The lowest BCUT2D eigenvalue weighted by Gasteiger charge is -2.39. The highest BCUT2D eigenvalue weighted by Gasteiger charge is 2.32. The molecule has 2 N–H and O–H groups in total.